The first-order valence-corrected chi connectivity index (χ1v) is 6.78. The first kappa shape index (κ1) is 15.7. The van der Waals surface area contributed by atoms with Crippen LogP contribution in [0.15, 0.2) is 23.4 Å². The number of amidine groups is 1. The van der Waals surface area contributed by atoms with E-state index in [4.69, 9.17) is 20.8 Å². The Bertz CT molecular complexity index is 524. The van der Waals surface area contributed by atoms with Crippen LogP contribution in [0.1, 0.15) is 18.1 Å². The zero-order valence-electron chi connectivity index (χ0n) is 11.9. The molecule has 0 spiro atoms. The predicted octanol–water partition coefficient (Wildman–Crippen LogP) is 0.502. The summed E-state index contributed by atoms with van der Waals surface area (Å²) in [6.45, 7) is 3.43. The van der Waals surface area contributed by atoms with Crippen LogP contribution in [0.2, 0.25) is 0 Å². The van der Waals surface area contributed by atoms with Gasteiger partial charge >= 0.3 is 0 Å². The van der Waals surface area contributed by atoms with E-state index in [1.54, 1.807) is 12.1 Å². The molecule has 1 aromatic rings. The second-order valence-corrected chi connectivity index (χ2v) is 5.21. The van der Waals surface area contributed by atoms with Crippen LogP contribution >= 0.6 is 0 Å². The number of nitrogens with zero attached hydrogens (tertiary/aromatic N) is 2. The van der Waals surface area contributed by atoms with E-state index in [0.717, 1.165) is 0 Å². The molecule has 2 unspecified atom stereocenters. The summed E-state index contributed by atoms with van der Waals surface area (Å²) >= 11 is 0. The Morgan fingerprint density at radius 2 is 2.33 bits per heavy atom. The molecule has 6 nitrogen and oxygen atoms in total. The zero-order chi connectivity index (χ0) is 15.4. The van der Waals surface area contributed by atoms with E-state index in [9.17, 15) is 4.39 Å². The van der Waals surface area contributed by atoms with Gasteiger partial charge in [-0.05, 0) is 13.0 Å². The molecule has 1 heterocycles. The number of halogens is 1. The first-order valence-electron chi connectivity index (χ1n) is 6.78. The van der Waals surface area contributed by atoms with Gasteiger partial charge in [-0.2, -0.15) is 0 Å². The third-order valence-electron chi connectivity index (χ3n) is 3.67. The summed E-state index contributed by atoms with van der Waals surface area (Å²) in [6.07, 6.45) is -0.235. The average molecular weight is 297 g/mol. The number of hydrogen-bond acceptors (Lipinski definition) is 5. The lowest BCUT2D eigenvalue weighted by Crippen LogP contribution is -2.48. The monoisotopic (exact) mass is 297 g/mol. The maximum absolute atomic E-state index is 14.1. The second kappa shape index (κ2) is 6.84. The van der Waals surface area contributed by atoms with Gasteiger partial charge in [-0.25, -0.2) is 4.39 Å². The summed E-state index contributed by atoms with van der Waals surface area (Å²) in [5, 5.41) is 20.6. The van der Waals surface area contributed by atoms with E-state index in [2.05, 4.69) is 10.1 Å². The van der Waals surface area contributed by atoms with Crippen molar-refractivity contribution < 1.29 is 19.4 Å². The highest BCUT2D eigenvalue weighted by Gasteiger charge is 2.26. The second-order valence-electron chi connectivity index (χ2n) is 5.21. The molecule has 1 aliphatic rings. The summed E-state index contributed by atoms with van der Waals surface area (Å²) in [5.74, 6) is -0.529. The van der Waals surface area contributed by atoms with Crippen LogP contribution in [0, 0.1) is 5.82 Å². The van der Waals surface area contributed by atoms with Crippen molar-refractivity contribution in [2.45, 2.75) is 25.6 Å². The van der Waals surface area contributed by atoms with Crippen LogP contribution in [0.3, 0.4) is 0 Å². The highest BCUT2D eigenvalue weighted by molar-refractivity contribution is 5.97. The smallest absolute Gasteiger partial charge is 0.170 e. The zero-order valence-corrected chi connectivity index (χ0v) is 11.9. The third-order valence-corrected chi connectivity index (χ3v) is 3.67. The molecule has 1 saturated heterocycles. The molecule has 0 radical (unpaired) electrons. The van der Waals surface area contributed by atoms with Gasteiger partial charge < -0.3 is 20.8 Å². The van der Waals surface area contributed by atoms with Gasteiger partial charge in [0.1, 0.15) is 5.82 Å². The molecule has 1 aliphatic heterocycles. The molecule has 116 valence electrons. The van der Waals surface area contributed by atoms with E-state index in [1.807, 2.05) is 6.92 Å². The van der Waals surface area contributed by atoms with Crippen molar-refractivity contribution in [2.24, 2.45) is 10.9 Å². The van der Waals surface area contributed by atoms with Crippen molar-refractivity contribution in [2.75, 3.05) is 19.8 Å². The van der Waals surface area contributed by atoms with Crippen molar-refractivity contribution in [1.82, 2.24) is 4.90 Å². The number of aliphatic hydroxyl groups excluding tert-OH is 1. The largest absolute Gasteiger partial charge is 0.409 e. The molecule has 0 saturated carbocycles. The molecule has 0 aliphatic carbocycles. The van der Waals surface area contributed by atoms with Gasteiger partial charge in [0.2, 0.25) is 0 Å². The molecule has 0 bridgehead atoms. The standard InChI is InChI=1S/C14H20FN3O3/c1-9-8-21-12(7-19)6-18(9)5-11-3-2-10(4-13(11)15)14(16)17-20/h2-4,9,12,19-20H,5-8H2,1H3,(H2,16,17). The molecular formula is C14H20FN3O3. The van der Waals surface area contributed by atoms with E-state index in [-0.39, 0.29) is 24.6 Å². The van der Waals surface area contributed by atoms with Crippen LogP contribution in [0.25, 0.3) is 0 Å². The molecule has 7 heteroatoms. The fourth-order valence-electron chi connectivity index (χ4n) is 2.32. The highest BCUT2D eigenvalue weighted by atomic mass is 19.1. The summed E-state index contributed by atoms with van der Waals surface area (Å²) in [5.41, 5.74) is 6.29. The van der Waals surface area contributed by atoms with Crippen molar-refractivity contribution >= 4 is 5.84 Å². The van der Waals surface area contributed by atoms with Gasteiger partial charge in [0.25, 0.3) is 0 Å². The van der Waals surface area contributed by atoms with Crippen molar-refractivity contribution in [3.05, 3.63) is 35.1 Å². The van der Waals surface area contributed by atoms with Gasteiger partial charge in [-0.3, -0.25) is 4.90 Å². The van der Waals surface area contributed by atoms with Gasteiger partial charge in [-0.15, -0.1) is 0 Å². The third kappa shape index (κ3) is 3.69. The number of aliphatic hydroxyl groups is 1. The maximum atomic E-state index is 14.1. The number of nitrogens with two attached hydrogens (primary N) is 1. The average Bonchev–Trinajstić information content (AvgIpc) is 2.50. The Kier molecular flexibility index (Phi) is 5.11. The molecule has 2 atom stereocenters. The summed E-state index contributed by atoms with van der Waals surface area (Å²) in [7, 11) is 0. The Balaban J connectivity index is 2.12. The Morgan fingerprint density at radius 1 is 1.57 bits per heavy atom. The minimum Gasteiger partial charge on any atom is -0.409 e. The quantitative estimate of drug-likeness (QED) is 0.326. The number of rotatable bonds is 4. The lowest BCUT2D eigenvalue weighted by molar-refractivity contribution is -0.0807. The molecule has 21 heavy (non-hydrogen) atoms. The van der Waals surface area contributed by atoms with E-state index in [0.29, 0.717) is 30.8 Å². The van der Waals surface area contributed by atoms with Gasteiger partial charge in [0.15, 0.2) is 5.84 Å². The molecule has 1 fully saturated rings. The van der Waals surface area contributed by atoms with Crippen molar-refractivity contribution in [3.8, 4) is 0 Å². The topological polar surface area (TPSA) is 91.3 Å². The van der Waals surface area contributed by atoms with E-state index in [1.165, 1.54) is 6.07 Å². The summed E-state index contributed by atoms with van der Waals surface area (Å²) in [4.78, 5) is 2.06. The normalized spacial score (nSPS) is 24.2. The lowest BCUT2D eigenvalue weighted by Gasteiger charge is -2.37. The van der Waals surface area contributed by atoms with Gasteiger partial charge in [0, 0.05) is 30.3 Å². The number of ether oxygens (including phenoxy) is 1. The molecule has 2 rings (SSSR count). The lowest BCUT2D eigenvalue weighted by atomic mass is 10.1. The summed E-state index contributed by atoms with van der Waals surface area (Å²) < 4.78 is 19.6. The fraction of sp³-hybridized carbons (Fsp3) is 0.500. The number of hydrogen-bond donors (Lipinski definition) is 3. The predicted molar refractivity (Wildman–Crippen MR) is 75.6 cm³/mol. The SMILES string of the molecule is CC1COC(CO)CN1Cc1ccc(/C(N)=N/O)cc1F. The van der Waals surface area contributed by atoms with Gasteiger partial charge in [-0.1, -0.05) is 17.3 Å². The van der Waals surface area contributed by atoms with Crippen LogP contribution < -0.4 is 5.73 Å². The molecule has 4 N–H and O–H groups in total. The Morgan fingerprint density at radius 3 is 2.95 bits per heavy atom. The minimum atomic E-state index is -0.404. The minimum absolute atomic E-state index is 0.0475. The van der Waals surface area contributed by atoms with Crippen molar-refractivity contribution in [1.29, 1.82) is 0 Å². The van der Waals surface area contributed by atoms with Crippen LogP contribution in [-0.4, -0.2) is 53.0 Å². The number of oxime groups is 1. The Labute approximate surface area is 122 Å². The molecular weight excluding hydrogens is 277 g/mol. The molecule has 0 aromatic heterocycles. The summed E-state index contributed by atoms with van der Waals surface area (Å²) in [6, 6.07) is 4.64. The number of morpholine rings is 1. The molecule has 1 aromatic carbocycles. The Hall–Kier alpha value is -1.70. The van der Waals surface area contributed by atoms with Crippen LogP contribution in [-0.2, 0) is 11.3 Å². The van der Waals surface area contributed by atoms with Crippen molar-refractivity contribution in [3.63, 3.8) is 0 Å². The highest BCUT2D eigenvalue weighted by Crippen LogP contribution is 2.18. The maximum Gasteiger partial charge on any atom is 0.170 e. The van der Waals surface area contributed by atoms with E-state index >= 15 is 0 Å². The first-order chi connectivity index (χ1) is 10.0. The van der Waals surface area contributed by atoms with E-state index < -0.39 is 5.82 Å². The van der Waals surface area contributed by atoms with Crippen LogP contribution in [0.4, 0.5) is 4.39 Å². The number of benzene rings is 1. The fourth-order valence-corrected chi connectivity index (χ4v) is 2.32. The molecule has 0 amide bonds. The van der Waals surface area contributed by atoms with Gasteiger partial charge in [0.05, 0.1) is 19.3 Å². The van der Waals surface area contributed by atoms with Crippen LogP contribution in [0.5, 0.6) is 0 Å².